The molecule has 4 heterocycles. The first-order chi connectivity index (χ1) is 20.9. The highest BCUT2D eigenvalue weighted by Gasteiger charge is 2.70. The number of rotatable bonds is 6. The van der Waals surface area contributed by atoms with Crippen LogP contribution < -0.4 is 10.4 Å². The molecule has 2 fully saturated rings. The maximum atomic E-state index is 13.5. The second kappa shape index (κ2) is 10.8. The molecular weight excluding hydrogens is 574 g/mol. The van der Waals surface area contributed by atoms with E-state index >= 15 is 0 Å². The van der Waals surface area contributed by atoms with Crippen LogP contribution in [0.1, 0.15) is 58.6 Å². The number of carbonyl (C=O) groups excluding carboxylic acids is 2. The third-order valence-electron chi connectivity index (χ3n) is 10.1. The van der Waals surface area contributed by atoms with Crippen LogP contribution in [0, 0.1) is 22.7 Å². The molecule has 3 unspecified atom stereocenters. The summed E-state index contributed by atoms with van der Waals surface area (Å²) in [5.41, 5.74) is -3.29. The summed E-state index contributed by atoms with van der Waals surface area (Å²) in [6, 6.07) is 4.98. The second-order valence-corrected chi connectivity index (χ2v) is 12.7. The Labute approximate surface area is 252 Å². The minimum absolute atomic E-state index is 0.0337. The van der Waals surface area contributed by atoms with E-state index in [1.807, 2.05) is 13.8 Å². The van der Waals surface area contributed by atoms with Gasteiger partial charge in [0.2, 0.25) is 0 Å². The molecular formula is C30H35N5O9. The van der Waals surface area contributed by atoms with Crippen LogP contribution in [-0.4, -0.2) is 71.8 Å². The minimum Gasteiger partial charge on any atom is -0.482 e. The van der Waals surface area contributed by atoms with Gasteiger partial charge in [0.15, 0.2) is 0 Å². The van der Waals surface area contributed by atoms with E-state index in [-0.39, 0.29) is 36.6 Å². The monoisotopic (exact) mass is 609 g/mol. The van der Waals surface area contributed by atoms with Crippen LogP contribution >= 0.6 is 0 Å². The van der Waals surface area contributed by atoms with Gasteiger partial charge in [-0.25, -0.2) is 9.48 Å². The molecule has 8 atom stereocenters. The summed E-state index contributed by atoms with van der Waals surface area (Å²) < 4.78 is 25.1. The zero-order valence-electron chi connectivity index (χ0n) is 24.9. The molecule has 3 aromatic heterocycles. The van der Waals surface area contributed by atoms with Gasteiger partial charge in [0.1, 0.15) is 41.7 Å². The van der Waals surface area contributed by atoms with E-state index in [9.17, 15) is 24.6 Å². The van der Waals surface area contributed by atoms with Crippen molar-refractivity contribution < 1.29 is 38.4 Å². The fourth-order valence-electron chi connectivity index (χ4n) is 8.04. The largest absolute Gasteiger partial charge is 0.482 e. The van der Waals surface area contributed by atoms with Crippen molar-refractivity contribution in [2.24, 2.45) is 22.7 Å². The van der Waals surface area contributed by atoms with Gasteiger partial charge in [-0.2, -0.15) is 0 Å². The Morgan fingerprint density at radius 3 is 2.70 bits per heavy atom. The second-order valence-electron chi connectivity index (χ2n) is 12.7. The molecule has 0 amide bonds. The summed E-state index contributed by atoms with van der Waals surface area (Å²) in [5, 5.41) is 34.3. The smallest absolute Gasteiger partial charge is 0.345 e. The van der Waals surface area contributed by atoms with Crippen molar-refractivity contribution in [3.05, 3.63) is 52.9 Å². The Balaban J connectivity index is 1.47. The number of nitrogens with zero attached hydrogens (tertiary/aromatic N) is 5. The summed E-state index contributed by atoms with van der Waals surface area (Å²) in [7, 11) is 0. The number of ether oxygens (including phenoxy) is 3. The standard InChI is InChI=1S/C30H35N5O9/c1-16(36)41-14-29(3)20-11-22(43-23(38)13-35-15-32-33-34-35)30(4)26(28(20,2)8-7-21(29)37)25(39)24-19(44-30)10-18(42-27(24)40)17-6-5-9-31-12-17/h5-6,9-10,12,15,20-22,25-26,37,39H,7-8,11,13-14H2,1-4H3/t20?,21-,22-,25-,26?,28-,29?,30+/m0/s1. The number of hydrogen-bond donors (Lipinski definition) is 2. The lowest BCUT2D eigenvalue weighted by molar-refractivity contribution is -0.269. The minimum atomic E-state index is -1.37. The van der Waals surface area contributed by atoms with Gasteiger partial charge in [0.25, 0.3) is 0 Å². The molecule has 14 nitrogen and oxygen atoms in total. The number of pyridine rings is 1. The van der Waals surface area contributed by atoms with Crippen molar-refractivity contribution in [3.63, 3.8) is 0 Å². The van der Waals surface area contributed by atoms with Crippen molar-refractivity contribution in [2.45, 2.75) is 77.4 Å². The highest BCUT2D eigenvalue weighted by molar-refractivity contribution is 5.69. The first kappa shape index (κ1) is 29.9. The Morgan fingerprint density at radius 1 is 1.23 bits per heavy atom. The summed E-state index contributed by atoms with van der Waals surface area (Å²) in [6.07, 6.45) is 2.30. The number of tetrazole rings is 1. The molecule has 2 saturated carbocycles. The lowest BCUT2D eigenvalue weighted by Crippen LogP contribution is -2.71. The normalized spacial score (nSPS) is 34.1. The molecule has 0 bridgehead atoms. The average Bonchev–Trinajstić information content (AvgIpc) is 3.48. The van der Waals surface area contributed by atoms with Gasteiger partial charge in [-0.05, 0) is 60.1 Å². The predicted octanol–water partition coefficient (Wildman–Crippen LogP) is 1.85. The molecule has 6 rings (SSSR count). The highest BCUT2D eigenvalue weighted by atomic mass is 16.6. The summed E-state index contributed by atoms with van der Waals surface area (Å²) in [6.45, 7) is 6.54. The first-order valence-electron chi connectivity index (χ1n) is 14.5. The molecule has 1 aliphatic heterocycles. The van der Waals surface area contributed by atoms with Gasteiger partial charge in [-0.3, -0.25) is 14.6 Å². The molecule has 14 heteroatoms. The summed E-state index contributed by atoms with van der Waals surface area (Å²) in [4.78, 5) is 42.7. The van der Waals surface area contributed by atoms with E-state index in [1.54, 1.807) is 37.5 Å². The zero-order chi connectivity index (χ0) is 31.4. The number of esters is 2. The van der Waals surface area contributed by atoms with Gasteiger partial charge in [0, 0.05) is 42.3 Å². The molecule has 2 N–H and O–H groups in total. The van der Waals surface area contributed by atoms with E-state index in [2.05, 4.69) is 20.5 Å². The first-order valence-corrected chi connectivity index (χ1v) is 14.5. The summed E-state index contributed by atoms with van der Waals surface area (Å²) >= 11 is 0. The fraction of sp³-hybridized carbons (Fsp3) is 0.567. The van der Waals surface area contributed by atoms with E-state index in [0.717, 1.165) is 0 Å². The molecule has 0 radical (unpaired) electrons. The van der Waals surface area contributed by atoms with Crippen LogP contribution in [0.25, 0.3) is 11.3 Å². The van der Waals surface area contributed by atoms with Gasteiger partial charge < -0.3 is 28.8 Å². The van der Waals surface area contributed by atoms with Crippen molar-refractivity contribution in [2.75, 3.05) is 6.61 Å². The van der Waals surface area contributed by atoms with Gasteiger partial charge in [-0.15, -0.1) is 5.10 Å². The van der Waals surface area contributed by atoms with Crippen LogP contribution in [0.4, 0.5) is 0 Å². The number of aromatic nitrogens is 5. The highest BCUT2D eigenvalue weighted by Crippen LogP contribution is 2.67. The number of aliphatic hydroxyl groups excluding tert-OH is 2. The van der Waals surface area contributed by atoms with Gasteiger partial charge in [-0.1, -0.05) is 13.8 Å². The zero-order valence-corrected chi connectivity index (χ0v) is 24.9. The van der Waals surface area contributed by atoms with Crippen molar-refractivity contribution in [3.8, 4) is 17.1 Å². The van der Waals surface area contributed by atoms with Gasteiger partial charge in [0.05, 0.1) is 18.8 Å². The Morgan fingerprint density at radius 2 is 2.02 bits per heavy atom. The third kappa shape index (κ3) is 4.76. The van der Waals surface area contributed by atoms with E-state index in [0.29, 0.717) is 18.4 Å². The lowest BCUT2D eigenvalue weighted by atomic mass is 9.42. The fourth-order valence-corrected chi connectivity index (χ4v) is 8.04. The number of hydrogen-bond acceptors (Lipinski definition) is 13. The van der Waals surface area contributed by atoms with E-state index in [1.165, 1.54) is 17.9 Å². The maximum Gasteiger partial charge on any atom is 0.345 e. The van der Waals surface area contributed by atoms with E-state index in [4.69, 9.17) is 18.6 Å². The van der Waals surface area contributed by atoms with Crippen LogP contribution in [0.3, 0.4) is 0 Å². The summed E-state index contributed by atoms with van der Waals surface area (Å²) in [5.74, 6) is -2.03. The molecule has 44 heavy (non-hydrogen) atoms. The van der Waals surface area contributed by atoms with Crippen molar-refractivity contribution in [1.82, 2.24) is 25.2 Å². The number of fused-ring (bicyclic) bond motifs is 4. The molecule has 3 aliphatic rings. The number of carbonyl (C=O) groups is 2. The molecule has 0 spiro atoms. The maximum absolute atomic E-state index is 13.5. The Bertz CT molecular complexity index is 1610. The SMILES string of the molecule is CC(=O)OCC1(C)C2C[C@H](OC(=O)Cn3cnnn3)[C@@]3(C)Oc4cc(-c5cccnc5)oc(=O)c4[C@H](O)C3[C@@]2(C)CC[C@@H]1O. The predicted molar refractivity (Wildman–Crippen MR) is 150 cm³/mol. The van der Waals surface area contributed by atoms with Crippen molar-refractivity contribution in [1.29, 1.82) is 0 Å². The van der Waals surface area contributed by atoms with Crippen LogP contribution in [0.15, 0.2) is 46.1 Å². The topological polar surface area (TPSA) is 189 Å². The average molecular weight is 610 g/mol. The number of aliphatic hydroxyl groups is 2. The lowest BCUT2D eigenvalue weighted by Gasteiger charge is -2.66. The van der Waals surface area contributed by atoms with Crippen molar-refractivity contribution >= 4 is 11.9 Å². The van der Waals surface area contributed by atoms with Crippen LogP contribution in [0.2, 0.25) is 0 Å². The quantitative estimate of drug-likeness (QED) is 0.386. The Hall–Kier alpha value is -4.17. The van der Waals surface area contributed by atoms with Crippen LogP contribution in [0.5, 0.6) is 5.75 Å². The molecule has 234 valence electrons. The third-order valence-corrected chi connectivity index (χ3v) is 10.1. The van der Waals surface area contributed by atoms with E-state index < -0.39 is 64.1 Å². The molecule has 0 saturated heterocycles. The van der Waals surface area contributed by atoms with Crippen LogP contribution in [-0.2, 0) is 25.6 Å². The molecule has 2 aliphatic carbocycles. The van der Waals surface area contributed by atoms with Gasteiger partial charge >= 0.3 is 17.6 Å². The Kier molecular flexibility index (Phi) is 7.31. The molecule has 0 aromatic carbocycles. The molecule has 3 aromatic rings.